The van der Waals surface area contributed by atoms with Crippen LogP contribution in [0.5, 0.6) is 0 Å². The van der Waals surface area contributed by atoms with E-state index in [0.29, 0.717) is 0 Å². The van der Waals surface area contributed by atoms with Crippen molar-refractivity contribution in [1.82, 2.24) is 0 Å². The van der Waals surface area contributed by atoms with Crippen molar-refractivity contribution in [3.05, 3.63) is 35.9 Å². The first-order valence-corrected chi connectivity index (χ1v) is 13.7. The van der Waals surface area contributed by atoms with Crippen LogP contribution in [0.1, 0.15) is 121 Å². The van der Waals surface area contributed by atoms with Gasteiger partial charge in [0.1, 0.15) is 0 Å². The molecule has 0 radical (unpaired) electrons. The number of hydrogen-bond donors (Lipinski definition) is 0. The maximum Gasteiger partial charge on any atom is 0.0716 e. The number of hydrogen-bond acceptors (Lipinski definition) is 1. The van der Waals surface area contributed by atoms with Crippen molar-refractivity contribution < 1.29 is 4.74 Å². The molecule has 0 saturated heterocycles. The van der Waals surface area contributed by atoms with Crippen molar-refractivity contribution in [1.29, 1.82) is 0 Å². The standard InChI is InChI=1S/C27H47BrO/c28-24-20-15-13-11-9-7-5-3-1-2-4-6-8-10-12-14-16-21-25-29-26-27-22-18-17-19-23-27/h17-19,22-23H,1-16,20-21,24-26H2. The lowest BCUT2D eigenvalue weighted by Gasteiger charge is -2.05. The van der Waals surface area contributed by atoms with Crippen LogP contribution < -0.4 is 0 Å². The Morgan fingerprint density at radius 3 is 1.28 bits per heavy atom. The quantitative estimate of drug-likeness (QED) is 0.122. The molecular weight excluding hydrogens is 420 g/mol. The van der Waals surface area contributed by atoms with Gasteiger partial charge < -0.3 is 4.74 Å². The van der Waals surface area contributed by atoms with E-state index in [0.717, 1.165) is 13.2 Å². The molecule has 0 aliphatic rings. The Hall–Kier alpha value is -0.340. The van der Waals surface area contributed by atoms with Gasteiger partial charge in [0.25, 0.3) is 0 Å². The van der Waals surface area contributed by atoms with E-state index in [4.69, 9.17) is 4.74 Å². The Balaban J connectivity index is 1.66. The van der Waals surface area contributed by atoms with Crippen LogP contribution in [-0.2, 0) is 11.3 Å². The lowest BCUT2D eigenvalue weighted by molar-refractivity contribution is 0.116. The monoisotopic (exact) mass is 466 g/mol. The SMILES string of the molecule is BrCCCCCCCCCCCCCCCCCCCCOCc1ccccc1. The molecule has 1 nitrogen and oxygen atoms in total. The van der Waals surface area contributed by atoms with Crippen LogP contribution in [0.4, 0.5) is 0 Å². The molecule has 0 N–H and O–H groups in total. The van der Waals surface area contributed by atoms with Crippen LogP contribution in [0.15, 0.2) is 30.3 Å². The first-order chi connectivity index (χ1) is 14.4. The zero-order valence-electron chi connectivity index (χ0n) is 19.0. The summed E-state index contributed by atoms with van der Waals surface area (Å²) in [5.41, 5.74) is 1.28. The molecule has 1 aromatic rings. The molecule has 1 aromatic carbocycles. The maximum absolute atomic E-state index is 5.75. The average Bonchev–Trinajstić information content (AvgIpc) is 2.75. The largest absolute Gasteiger partial charge is 0.377 e. The van der Waals surface area contributed by atoms with E-state index in [9.17, 15) is 0 Å². The first kappa shape index (κ1) is 26.7. The maximum atomic E-state index is 5.75. The third-order valence-electron chi connectivity index (χ3n) is 5.78. The molecule has 0 aliphatic heterocycles. The molecule has 0 aliphatic carbocycles. The van der Waals surface area contributed by atoms with E-state index >= 15 is 0 Å². The second kappa shape index (κ2) is 22.3. The van der Waals surface area contributed by atoms with Gasteiger partial charge in [-0.05, 0) is 18.4 Å². The third-order valence-corrected chi connectivity index (χ3v) is 6.34. The highest BCUT2D eigenvalue weighted by molar-refractivity contribution is 9.09. The van der Waals surface area contributed by atoms with Gasteiger partial charge >= 0.3 is 0 Å². The van der Waals surface area contributed by atoms with Crippen LogP contribution in [0, 0.1) is 0 Å². The van der Waals surface area contributed by atoms with Crippen LogP contribution >= 0.6 is 15.9 Å². The van der Waals surface area contributed by atoms with Crippen molar-refractivity contribution in [2.75, 3.05) is 11.9 Å². The summed E-state index contributed by atoms with van der Waals surface area (Å²) < 4.78 is 5.75. The summed E-state index contributed by atoms with van der Waals surface area (Å²) in [7, 11) is 0. The summed E-state index contributed by atoms with van der Waals surface area (Å²) >= 11 is 3.51. The minimum absolute atomic E-state index is 0.762. The summed E-state index contributed by atoms with van der Waals surface area (Å²) in [6.07, 6.45) is 25.5. The zero-order valence-corrected chi connectivity index (χ0v) is 20.6. The lowest BCUT2D eigenvalue weighted by atomic mass is 10.0. The van der Waals surface area contributed by atoms with Gasteiger partial charge in [-0.15, -0.1) is 0 Å². The molecule has 0 amide bonds. The van der Waals surface area contributed by atoms with Crippen LogP contribution in [0.25, 0.3) is 0 Å². The van der Waals surface area contributed by atoms with Gasteiger partial charge in [0.15, 0.2) is 0 Å². The van der Waals surface area contributed by atoms with Gasteiger partial charge in [0, 0.05) is 11.9 Å². The molecule has 1 rings (SSSR count). The number of unbranched alkanes of at least 4 members (excludes halogenated alkanes) is 17. The highest BCUT2D eigenvalue weighted by atomic mass is 79.9. The van der Waals surface area contributed by atoms with Gasteiger partial charge in [0.05, 0.1) is 6.61 Å². The summed E-state index contributed by atoms with van der Waals surface area (Å²) in [5.74, 6) is 0. The molecule has 0 heterocycles. The molecule has 0 atom stereocenters. The van der Waals surface area contributed by atoms with Crippen LogP contribution in [0.3, 0.4) is 0 Å². The topological polar surface area (TPSA) is 9.23 Å². The molecule has 0 saturated carbocycles. The van der Waals surface area contributed by atoms with E-state index in [1.807, 2.05) is 0 Å². The second-order valence-electron chi connectivity index (χ2n) is 8.59. The molecule has 0 fully saturated rings. The molecule has 0 spiro atoms. The smallest absolute Gasteiger partial charge is 0.0716 e. The summed E-state index contributed by atoms with van der Waals surface area (Å²) in [6.45, 7) is 1.67. The van der Waals surface area contributed by atoms with E-state index < -0.39 is 0 Å². The average molecular weight is 468 g/mol. The van der Waals surface area contributed by atoms with E-state index in [1.165, 1.54) is 126 Å². The number of halogens is 1. The molecule has 0 bridgehead atoms. The third kappa shape index (κ3) is 19.4. The normalized spacial score (nSPS) is 11.2. The van der Waals surface area contributed by atoms with Gasteiger partial charge in [-0.1, -0.05) is 149 Å². The Kier molecular flexibility index (Phi) is 20.6. The van der Waals surface area contributed by atoms with Crippen molar-refractivity contribution in [3.8, 4) is 0 Å². The Morgan fingerprint density at radius 2 is 0.862 bits per heavy atom. The minimum atomic E-state index is 0.762. The van der Waals surface area contributed by atoms with E-state index in [-0.39, 0.29) is 0 Å². The van der Waals surface area contributed by atoms with Crippen LogP contribution in [-0.4, -0.2) is 11.9 Å². The Labute approximate surface area is 190 Å². The highest BCUT2D eigenvalue weighted by Gasteiger charge is 1.96. The predicted molar refractivity (Wildman–Crippen MR) is 133 cm³/mol. The van der Waals surface area contributed by atoms with Gasteiger partial charge in [-0.25, -0.2) is 0 Å². The Bertz CT molecular complexity index is 420. The van der Waals surface area contributed by atoms with E-state index in [2.05, 4.69) is 46.3 Å². The molecule has 0 aromatic heterocycles. The fourth-order valence-electron chi connectivity index (χ4n) is 3.89. The second-order valence-corrected chi connectivity index (χ2v) is 9.38. The summed E-state index contributed by atoms with van der Waals surface area (Å²) in [5, 5.41) is 1.18. The summed E-state index contributed by atoms with van der Waals surface area (Å²) in [6, 6.07) is 10.5. The molecular formula is C27H47BrO. The van der Waals surface area contributed by atoms with Gasteiger partial charge in [-0.3, -0.25) is 0 Å². The van der Waals surface area contributed by atoms with Gasteiger partial charge in [0.2, 0.25) is 0 Å². The summed E-state index contributed by atoms with van der Waals surface area (Å²) in [4.78, 5) is 0. The fourth-order valence-corrected chi connectivity index (χ4v) is 4.29. The van der Waals surface area contributed by atoms with Gasteiger partial charge in [-0.2, -0.15) is 0 Å². The first-order valence-electron chi connectivity index (χ1n) is 12.6. The lowest BCUT2D eigenvalue weighted by Crippen LogP contribution is -1.95. The number of rotatable bonds is 22. The molecule has 2 heteroatoms. The molecule has 29 heavy (non-hydrogen) atoms. The number of ether oxygens (including phenoxy) is 1. The number of benzene rings is 1. The number of alkyl halides is 1. The van der Waals surface area contributed by atoms with Crippen molar-refractivity contribution in [2.45, 2.75) is 122 Å². The van der Waals surface area contributed by atoms with Crippen molar-refractivity contribution in [3.63, 3.8) is 0 Å². The zero-order chi connectivity index (χ0) is 20.7. The molecule has 168 valence electrons. The highest BCUT2D eigenvalue weighted by Crippen LogP contribution is 2.14. The van der Waals surface area contributed by atoms with Crippen molar-refractivity contribution in [2.24, 2.45) is 0 Å². The fraction of sp³-hybridized carbons (Fsp3) is 0.778. The Morgan fingerprint density at radius 1 is 0.483 bits per heavy atom. The molecule has 0 unspecified atom stereocenters. The minimum Gasteiger partial charge on any atom is -0.377 e. The van der Waals surface area contributed by atoms with E-state index in [1.54, 1.807) is 0 Å². The predicted octanol–water partition coefficient (Wildman–Crippen LogP) is 9.62. The van der Waals surface area contributed by atoms with Crippen molar-refractivity contribution >= 4 is 15.9 Å². The van der Waals surface area contributed by atoms with Crippen LogP contribution in [0.2, 0.25) is 0 Å².